The summed E-state index contributed by atoms with van der Waals surface area (Å²) < 4.78 is 5.06. The average molecular weight is 453 g/mol. The van der Waals surface area contributed by atoms with Gasteiger partial charge in [0.1, 0.15) is 0 Å². The highest BCUT2D eigenvalue weighted by atomic mass is 35.5. The third kappa shape index (κ3) is 4.29. The number of esters is 1. The number of benzene rings is 2. The molecule has 1 saturated heterocycles. The number of fused-ring (bicyclic) bond motifs is 1. The molecule has 2 aromatic carbocycles. The van der Waals surface area contributed by atoms with Crippen LogP contribution in [0.2, 0.25) is 5.02 Å². The molecule has 4 rings (SSSR count). The average Bonchev–Trinajstić information content (AvgIpc) is 3.05. The molecule has 2 aromatic rings. The summed E-state index contributed by atoms with van der Waals surface area (Å²) in [5, 5.41) is 3.13. The highest BCUT2D eigenvalue weighted by molar-refractivity contribution is 6.31. The molecule has 0 bridgehead atoms. The molecular weight excluding hydrogens is 432 g/mol. The number of nitrogens with one attached hydrogen (secondary N) is 1. The predicted octanol–water partition coefficient (Wildman–Crippen LogP) is 3.90. The Bertz CT molecular complexity index is 1100. The summed E-state index contributed by atoms with van der Waals surface area (Å²) in [4.78, 5) is 50.9. The quantitative estimate of drug-likeness (QED) is 0.422. The highest BCUT2D eigenvalue weighted by Gasteiger charge is 2.47. The molecule has 3 amide bonds. The van der Waals surface area contributed by atoms with Crippen LogP contribution in [0.25, 0.3) is 0 Å². The van der Waals surface area contributed by atoms with Crippen LogP contribution < -0.4 is 10.2 Å². The Hall–Kier alpha value is -3.45. The van der Waals surface area contributed by atoms with Gasteiger partial charge in [-0.3, -0.25) is 19.3 Å². The van der Waals surface area contributed by atoms with Gasteiger partial charge in [-0.15, -0.1) is 0 Å². The maximum absolute atomic E-state index is 12.7. The van der Waals surface area contributed by atoms with Crippen LogP contribution in [0.15, 0.2) is 54.6 Å². The van der Waals surface area contributed by atoms with E-state index in [0.717, 1.165) is 5.56 Å². The molecule has 32 heavy (non-hydrogen) atoms. The molecule has 1 heterocycles. The number of allylic oxidation sites excluding steroid dienone is 2. The highest BCUT2D eigenvalue weighted by Crippen LogP contribution is 2.37. The zero-order valence-electron chi connectivity index (χ0n) is 17.3. The molecule has 0 aromatic heterocycles. The van der Waals surface area contributed by atoms with E-state index in [1.54, 1.807) is 18.2 Å². The van der Waals surface area contributed by atoms with E-state index < -0.39 is 18.5 Å². The largest absolute Gasteiger partial charge is 0.452 e. The first-order valence-electron chi connectivity index (χ1n) is 10.2. The summed E-state index contributed by atoms with van der Waals surface area (Å²) in [6, 6.07) is 11.1. The van der Waals surface area contributed by atoms with Crippen molar-refractivity contribution in [1.29, 1.82) is 0 Å². The van der Waals surface area contributed by atoms with Crippen LogP contribution in [-0.4, -0.2) is 30.3 Å². The number of amides is 3. The Morgan fingerprint density at radius 2 is 1.66 bits per heavy atom. The fourth-order valence-corrected chi connectivity index (χ4v) is 4.06. The maximum atomic E-state index is 12.7. The van der Waals surface area contributed by atoms with E-state index in [9.17, 15) is 19.2 Å². The predicted molar refractivity (Wildman–Crippen MR) is 119 cm³/mol. The van der Waals surface area contributed by atoms with Gasteiger partial charge in [0.05, 0.1) is 23.1 Å². The van der Waals surface area contributed by atoms with Crippen LogP contribution in [0.3, 0.4) is 0 Å². The van der Waals surface area contributed by atoms with Gasteiger partial charge in [0.15, 0.2) is 6.61 Å². The second-order valence-corrected chi connectivity index (χ2v) is 8.21. The van der Waals surface area contributed by atoms with Crippen molar-refractivity contribution in [3.8, 4) is 0 Å². The third-order valence-electron chi connectivity index (χ3n) is 5.66. The summed E-state index contributed by atoms with van der Waals surface area (Å²) in [5.74, 6) is -2.26. The molecule has 0 spiro atoms. The number of halogens is 1. The van der Waals surface area contributed by atoms with E-state index in [1.165, 1.54) is 29.2 Å². The molecule has 1 aliphatic carbocycles. The van der Waals surface area contributed by atoms with Crippen LogP contribution in [0.5, 0.6) is 0 Å². The smallest absolute Gasteiger partial charge is 0.338 e. The van der Waals surface area contributed by atoms with E-state index >= 15 is 0 Å². The van der Waals surface area contributed by atoms with Crippen LogP contribution in [0.1, 0.15) is 28.8 Å². The van der Waals surface area contributed by atoms with Gasteiger partial charge in [0.2, 0.25) is 11.8 Å². The third-order valence-corrected chi connectivity index (χ3v) is 6.07. The van der Waals surface area contributed by atoms with Crippen molar-refractivity contribution in [2.45, 2.75) is 19.8 Å². The molecule has 1 aliphatic heterocycles. The Balaban J connectivity index is 1.35. The van der Waals surface area contributed by atoms with Crippen LogP contribution >= 0.6 is 11.6 Å². The molecule has 8 heteroatoms. The summed E-state index contributed by atoms with van der Waals surface area (Å²) in [6.45, 7) is 1.38. The lowest BCUT2D eigenvalue weighted by molar-refractivity contribution is -0.122. The van der Waals surface area contributed by atoms with Gasteiger partial charge in [-0.25, -0.2) is 4.79 Å². The molecule has 1 N–H and O–H groups in total. The number of anilines is 2. The first-order chi connectivity index (χ1) is 15.3. The molecular formula is C24H21ClN2O5. The van der Waals surface area contributed by atoms with Crippen molar-refractivity contribution in [3.63, 3.8) is 0 Å². The topological polar surface area (TPSA) is 92.8 Å². The van der Waals surface area contributed by atoms with E-state index in [4.69, 9.17) is 16.3 Å². The number of nitrogens with zero attached hydrogens (tertiary/aromatic N) is 1. The summed E-state index contributed by atoms with van der Waals surface area (Å²) in [5.41, 5.74) is 2.01. The maximum Gasteiger partial charge on any atom is 0.338 e. The number of hydrogen-bond acceptors (Lipinski definition) is 5. The molecule has 164 valence electrons. The Morgan fingerprint density at radius 1 is 1.03 bits per heavy atom. The SMILES string of the molecule is Cc1ccc(NC(=O)COC(=O)c2ccc(N3C(=O)[C@H]4CC=CC[C@H]4C3=O)cc2)cc1Cl. The molecule has 0 saturated carbocycles. The van der Waals surface area contributed by atoms with Crippen molar-refractivity contribution in [2.75, 3.05) is 16.8 Å². The van der Waals surface area contributed by atoms with Crippen molar-refractivity contribution in [3.05, 3.63) is 70.8 Å². The molecule has 7 nitrogen and oxygen atoms in total. The Morgan fingerprint density at radius 3 is 2.25 bits per heavy atom. The fourth-order valence-electron chi connectivity index (χ4n) is 3.88. The second-order valence-electron chi connectivity index (χ2n) is 7.80. The van der Waals surface area contributed by atoms with Gasteiger partial charge in [0.25, 0.3) is 5.91 Å². The minimum atomic E-state index is -0.689. The number of hydrogen-bond donors (Lipinski definition) is 1. The number of ether oxygens (including phenoxy) is 1. The van der Waals surface area contributed by atoms with Gasteiger partial charge >= 0.3 is 5.97 Å². The number of imide groups is 1. The Kier molecular flexibility index (Phi) is 6.10. The first-order valence-corrected chi connectivity index (χ1v) is 10.6. The lowest BCUT2D eigenvalue weighted by Crippen LogP contribution is -2.30. The van der Waals surface area contributed by atoms with Crippen LogP contribution in [0.4, 0.5) is 11.4 Å². The van der Waals surface area contributed by atoms with Gasteiger partial charge in [0, 0.05) is 10.7 Å². The number of aryl methyl sites for hydroxylation is 1. The lowest BCUT2D eigenvalue weighted by Gasteiger charge is -2.15. The van der Waals surface area contributed by atoms with Gasteiger partial charge < -0.3 is 10.1 Å². The van der Waals surface area contributed by atoms with Crippen LogP contribution in [0, 0.1) is 18.8 Å². The summed E-state index contributed by atoms with van der Waals surface area (Å²) in [6.07, 6.45) is 4.98. The molecule has 0 unspecified atom stereocenters. The normalized spacial score (nSPS) is 19.6. The summed E-state index contributed by atoms with van der Waals surface area (Å²) >= 11 is 6.03. The monoisotopic (exact) mass is 452 g/mol. The van der Waals surface area contributed by atoms with Gasteiger partial charge in [-0.05, 0) is 61.7 Å². The molecule has 2 atom stereocenters. The number of rotatable bonds is 5. The Labute approximate surface area is 190 Å². The summed E-state index contributed by atoms with van der Waals surface area (Å²) in [7, 11) is 0. The van der Waals surface area contributed by atoms with Crippen molar-refractivity contribution >= 4 is 46.7 Å². The minimum Gasteiger partial charge on any atom is -0.452 e. The minimum absolute atomic E-state index is 0.207. The molecule has 2 aliphatic rings. The zero-order valence-corrected chi connectivity index (χ0v) is 18.1. The van der Waals surface area contributed by atoms with E-state index in [1.807, 2.05) is 19.1 Å². The number of carbonyl (C=O) groups is 4. The van der Waals surface area contributed by atoms with Crippen LogP contribution in [-0.2, 0) is 19.1 Å². The van der Waals surface area contributed by atoms with E-state index in [0.29, 0.717) is 29.2 Å². The first kappa shape index (κ1) is 21.8. The van der Waals surface area contributed by atoms with Crippen molar-refractivity contribution in [1.82, 2.24) is 0 Å². The standard InChI is InChI=1S/C24H21ClN2O5/c1-14-6-9-16(12-20(14)25)26-21(28)13-32-24(31)15-7-10-17(11-8-15)27-22(29)18-4-2-3-5-19(18)23(27)30/h2-3,6-12,18-19H,4-5,13H2,1H3,(H,26,28)/t18-,19+. The zero-order chi connectivity index (χ0) is 22.8. The van der Waals surface area contributed by atoms with E-state index in [2.05, 4.69) is 5.32 Å². The molecule has 1 fully saturated rings. The lowest BCUT2D eigenvalue weighted by atomic mass is 9.85. The molecule has 0 radical (unpaired) electrons. The van der Waals surface area contributed by atoms with Crippen molar-refractivity contribution in [2.24, 2.45) is 11.8 Å². The van der Waals surface area contributed by atoms with Gasteiger partial charge in [-0.1, -0.05) is 29.8 Å². The van der Waals surface area contributed by atoms with Gasteiger partial charge in [-0.2, -0.15) is 0 Å². The fraction of sp³-hybridized carbons (Fsp3) is 0.250. The van der Waals surface area contributed by atoms with Crippen molar-refractivity contribution < 1.29 is 23.9 Å². The second kappa shape index (κ2) is 8.96. The van der Waals surface area contributed by atoms with E-state index in [-0.39, 0.29) is 29.2 Å². The number of carbonyl (C=O) groups excluding carboxylic acids is 4.